The minimum absolute atomic E-state index is 0.0525. The highest BCUT2D eigenvalue weighted by atomic mass is 16.5. The zero-order chi connectivity index (χ0) is 14.9. The van der Waals surface area contributed by atoms with Crippen LogP contribution in [-0.2, 0) is 16.0 Å². The van der Waals surface area contributed by atoms with Gasteiger partial charge >= 0.3 is 0 Å². The number of carbonyl (C=O) groups excluding carboxylic acids is 2. The minimum atomic E-state index is -0.471. The molecule has 1 aromatic heterocycles. The average Bonchev–Trinajstić information content (AvgIpc) is 2.79. The molecule has 0 spiro atoms. The number of carbonyl (C=O) groups is 2. The van der Waals surface area contributed by atoms with Crippen molar-refractivity contribution in [1.29, 1.82) is 0 Å². The highest BCUT2D eigenvalue weighted by molar-refractivity contribution is 5.96. The molecule has 1 aromatic rings. The molecule has 1 saturated heterocycles. The van der Waals surface area contributed by atoms with E-state index in [0.29, 0.717) is 24.7 Å². The van der Waals surface area contributed by atoms with Gasteiger partial charge in [-0.3, -0.25) is 9.59 Å². The first-order chi connectivity index (χ1) is 9.40. The smallest absolute Gasteiger partial charge is 0.246 e. The van der Waals surface area contributed by atoms with Crippen LogP contribution < -0.4 is 5.32 Å². The Labute approximate surface area is 117 Å². The first kappa shape index (κ1) is 14.5. The maximum absolute atomic E-state index is 12.4. The second-order valence-corrected chi connectivity index (χ2v) is 5.42. The Balaban J connectivity index is 2.07. The molecule has 1 aliphatic heterocycles. The molecule has 0 saturated carbocycles. The Kier molecular flexibility index (Phi) is 4.06. The van der Waals surface area contributed by atoms with E-state index in [9.17, 15) is 9.59 Å². The summed E-state index contributed by atoms with van der Waals surface area (Å²) in [4.78, 5) is 30.0. The second kappa shape index (κ2) is 5.60. The lowest BCUT2D eigenvalue weighted by Gasteiger charge is -2.38. The Morgan fingerprint density at radius 2 is 2.10 bits per heavy atom. The molecule has 1 fully saturated rings. The van der Waals surface area contributed by atoms with Crippen LogP contribution in [0.3, 0.4) is 0 Å². The molecule has 2 atom stereocenters. The van der Waals surface area contributed by atoms with Crippen molar-refractivity contribution in [3.63, 3.8) is 0 Å². The fraction of sp³-hybridized carbons (Fsp3) is 0.692. The first-order valence-corrected chi connectivity index (χ1v) is 6.80. The Hall–Kier alpha value is -1.92. The van der Waals surface area contributed by atoms with Gasteiger partial charge in [0.15, 0.2) is 5.82 Å². The monoisotopic (exact) mass is 280 g/mol. The van der Waals surface area contributed by atoms with Gasteiger partial charge in [-0.1, -0.05) is 19.0 Å². The standard InChI is InChI=1S/C13H20N4O3/c1-7(2)11-13(19)17(8(3)12(18)15-11)6-5-10-14-9(4)16-20-10/h7-8,11H,5-6H2,1-4H3,(H,15,18). The molecule has 2 amide bonds. The molecule has 7 heteroatoms. The van der Waals surface area contributed by atoms with Gasteiger partial charge in [-0.2, -0.15) is 4.98 Å². The Morgan fingerprint density at radius 1 is 1.40 bits per heavy atom. The van der Waals surface area contributed by atoms with E-state index in [1.165, 1.54) is 0 Å². The predicted octanol–water partition coefficient (Wildman–Crippen LogP) is 0.292. The van der Waals surface area contributed by atoms with E-state index < -0.39 is 12.1 Å². The average molecular weight is 280 g/mol. The maximum Gasteiger partial charge on any atom is 0.246 e. The van der Waals surface area contributed by atoms with Gasteiger partial charge in [-0.25, -0.2) is 0 Å². The van der Waals surface area contributed by atoms with Crippen molar-refractivity contribution in [1.82, 2.24) is 20.4 Å². The zero-order valence-corrected chi connectivity index (χ0v) is 12.2. The summed E-state index contributed by atoms with van der Waals surface area (Å²) in [7, 11) is 0. The highest BCUT2D eigenvalue weighted by Crippen LogP contribution is 2.15. The lowest BCUT2D eigenvalue weighted by molar-refractivity contribution is -0.149. The van der Waals surface area contributed by atoms with Gasteiger partial charge in [0.2, 0.25) is 17.7 Å². The van der Waals surface area contributed by atoms with Crippen LogP contribution in [0.4, 0.5) is 0 Å². The van der Waals surface area contributed by atoms with E-state index in [-0.39, 0.29) is 17.7 Å². The summed E-state index contributed by atoms with van der Waals surface area (Å²) in [5, 5.41) is 6.47. The molecule has 2 heterocycles. The number of rotatable bonds is 4. The minimum Gasteiger partial charge on any atom is -0.342 e. The topological polar surface area (TPSA) is 88.3 Å². The van der Waals surface area contributed by atoms with E-state index in [4.69, 9.17) is 4.52 Å². The van der Waals surface area contributed by atoms with Crippen molar-refractivity contribution >= 4 is 11.8 Å². The maximum atomic E-state index is 12.4. The van der Waals surface area contributed by atoms with Crippen molar-refractivity contribution in [3.8, 4) is 0 Å². The van der Waals surface area contributed by atoms with Gasteiger partial charge in [0.1, 0.15) is 12.1 Å². The zero-order valence-electron chi connectivity index (χ0n) is 12.2. The third-order valence-corrected chi connectivity index (χ3v) is 3.50. The van der Waals surface area contributed by atoms with Crippen LogP contribution in [0.15, 0.2) is 4.52 Å². The molecule has 0 aromatic carbocycles. The molecule has 0 bridgehead atoms. The van der Waals surface area contributed by atoms with Gasteiger partial charge in [-0.15, -0.1) is 0 Å². The van der Waals surface area contributed by atoms with Crippen LogP contribution >= 0.6 is 0 Å². The summed E-state index contributed by atoms with van der Waals surface area (Å²) < 4.78 is 5.03. The lowest BCUT2D eigenvalue weighted by atomic mass is 9.98. The van der Waals surface area contributed by atoms with Crippen LogP contribution in [0.25, 0.3) is 0 Å². The van der Waals surface area contributed by atoms with Crippen molar-refractivity contribution < 1.29 is 14.1 Å². The van der Waals surface area contributed by atoms with Gasteiger partial charge < -0.3 is 14.7 Å². The summed E-state index contributed by atoms with van der Waals surface area (Å²) >= 11 is 0. The predicted molar refractivity (Wildman–Crippen MR) is 70.7 cm³/mol. The number of hydrogen-bond donors (Lipinski definition) is 1. The third kappa shape index (κ3) is 2.81. The van der Waals surface area contributed by atoms with Crippen molar-refractivity contribution in [2.45, 2.75) is 46.2 Å². The fourth-order valence-corrected chi connectivity index (χ4v) is 2.26. The molecule has 0 aliphatic carbocycles. The molecule has 0 radical (unpaired) electrons. The Bertz CT molecular complexity index is 511. The van der Waals surface area contributed by atoms with Crippen molar-refractivity contribution in [3.05, 3.63) is 11.7 Å². The molecule has 1 aliphatic rings. The Morgan fingerprint density at radius 3 is 2.65 bits per heavy atom. The largest absolute Gasteiger partial charge is 0.342 e. The molecular formula is C13H20N4O3. The summed E-state index contributed by atoms with van der Waals surface area (Å²) in [5.74, 6) is 0.936. The van der Waals surface area contributed by atoms with Gasteiger partial charge in [-0.05, 0) is 19.8 Å². The summed E-state index contributed by atoms with van der Waals surface area (Å²) in [6, 6.07) is -0.926. The summed E-state index contributed by atoms with van der Waals surface area (Å²) in [6.07, 6.45) is 0.453. The molecule has 7 nitrogen and oxygen atoms in total. The number of amides is 2. The van der Waals surface area contributed by atoms with Crippen molar-refractivity contribution in [2.75, 3.05) is 6.54 Å². The van der Waals surface area contributed by atoms with Gasteiger partial charge in [0.05, 0.1) is 0 Å². The van der Waals surface area contributed by atoms with E-state index >= 15 is 0 Å². The van der Waals surface area contributed by atoms with E-state index in [2.05, 4.69) is 15.5 Å². The first-order valence-electron chi connectivity index (χ1n) is 6.80. The number of aryl methyl sites for hydroxylation is 1. The second-order valence-electron chi connectivity index (χ2n) is 5.42. The summed E-state index contributed by atoms with van der Waals surface area (Å²) in [5.41, 5.74) is 0. The van der Waals surface area contributed by atoms with E-state index in [1.807, 2.05) is 13.8 Å². The van der Waals surface area contributed by atoms with Gasteiger partial charge in [0, 0.05) is 13.0 Å². The van der Waals surface area contributed by atoms with Crippen LogP contribution in [0.5, 0.6) is 0 Å². The lowest BCUT2D eigenvalue weighted by Crippen LogP contribution is -2.64. The molecule has 110 valence electrons. The third-order valence-electron chi connectivity index (χ3n) is 3.50. The molecule has 2 unspecified atom stereocenters. The summed E-state index contributed by atoms with van der Waals surface area (Å²) in [6.45, 7) is 7.70. The van der Waals surface area contributed by atoms with Crippen LogP contribution in [0.2, 0.25) is 0 Å². The normalized spacial score (nSPS) is 23.4. The number of nitrogens with zero attached hydrogens (tertiary/aromatic N) is 3. The highest BCUT2D eigenvalue weighted by Gasteiger charge is 2.39. The fourth-order valence-electron chi connectivity index (χ4n) is 2.26. The quantitative estimate of drug-likeness (QED) is 0.856. The molecular weight excluding hydrogens is 260 g/mol. The number of aromatic nitrogens is 2. The van der Waals surface area contributed by atoms with Crippen LogP contribution in [-0.4, -0.2) is 45.5 Å². The van der Waals surface area contributed by atoms with Crippen LogP contribution in [0, 0.1) is 12.8 Å². The van der Waals surface area contributed by atoms with Crippen LogP contribution in [0.1, 0.15) is 32.5 Å². The SMILES string of the molecule is Cc1noc(CCN2C(=O)C(C(C)C)NC(=O)C2C)n1. The van der Waals surface area contributed by atoms with E-state index in [1.54, 1.807) is 18.7 Å². The number of piperazine rings is 1. The van der Waals surface area contributed by atoms with Crippen molar-refractivity contribution in [2.24, 2.45) is 5.92 Å². The molecule has 2 rings (SSSR count). The van der Waals surface area contributed by atoms with E-state index in [0.717, 1.165) is 0 Å². The molecule has 1 N–H and O–H groups in total. The molecule has 20 heavy (non-hydrogen) atoms. The number of hydrogen-bond acceptors (Lipinski definition) is 5. The number of nitrogens with one attached hydrogen (secondary N) is 1. The van der Waals surface area contributed by atoms with Gasteiger partial charge in [0.25, 0.3) is 0 Å².